The number of hydrogen-bond donors (Lipinski definition) is 1. The summed E-state index contributed by atoms with van der Waals surface area (Å²) < 4.78 is 5.50. The van der Waals surface area contributed by atoms with Gasteiger partial charge in [-0.25, -0.2) is 0 Å². The summed E-state index contributed by atoms with van der Waals surface area (Å²) in [5.74, 6) is 0. The molecule has 0 amide bonds. The van der Waals surface area contributed by atoms with Gasteiger partial charge < -0.3 is 15.4 Å². The van der Waals surface area contributed by atoms with Gasteiger partial charge in [0.15, 0.2) is 0 Å². The summed E-state index contributed by atoms with van der Waals surface area (Å²) >= 11 is 0. The largest absolute Gasteiger partial charge is 0.398 e. The first-order valence-corrected chi connectivity index (χ1v) is 6.31. The normalized spacial score (nSPS) is 16.8. The van der Waals surface area contributed by atoms with Crippen LogP contribution in [0.4, 0.5) is 11.4 Å². The first-order valence-electron chi connectivity index (χ1n) is 6.31. The average Bonchev–Trinajstić information content (AvgIpc) is 2.68. The van der Waals surface area contributed by atoms with Crippen LogP contribution in [0.25, 0.3) is 10.8 Å². The lowest BCUT2D eigenvalue weighted by Gasteiger charge is -2.23. The van der Waals surface area contributed by atoms with E-state index in [0.717, 1.165) is 49.2 Å². The highest BCUT2D eigenvalue weighted by atomic mass is 16.5. The maximum atomic E-state index is 6.01. The Hall–Kier alpha value is -1.81. The highest BCUT2D eigenvalue weighted by Gasteiger charge is 2.13. The van der Waals surface area contributed by atoms with Gasteiger partial charge in [0.2, 0.25) is 0 Å². The van der Waals surface area contributed by atoms with Crippen molar-refractivity contribution in [2.45, 2.75) is 6.42 Å². The Morgan fingerprint density at radius 1 is 1.11 bits per heavy atom. The molecule has 1 aromatic heterocycles. The number of nitrogens with two attached hydrogens (primary N) is 1. The van der Waals surface area contributed by atoms with Crippen LogP contribution in [-0.4, -0.2) is 31.3 Å². The van der Waals surface area contributed by atoms with Crippen molar-refractivity contribution in [2.24, 2.45) is 0 Å². The fourth-order valence-electron chi connectivity index (χ4n) is 2.46. The number of rotatable bonds is 1. The van der Waals surface area contributed by atoms with Crippen LogP contribution in [0.3, 0.4) is 0 Å². The minimum Gasteiger partial charge on any atom is -0.398 e. The van der Waals surface area contributed by atoms with Gasteiger partial charge in [-0.2, -0.15) is 0 Å². The minimum absolute atomic E-state index is 0.784. The summed E-state index contributed by atoms with van der Waals surface area (Å²) in [5.41, 5.74) is 8.03. The van der Waals surface area contributed by atoms with Crippen LogP contribution in [0.15, 0.2) is 30.6 Å². The number of nitrogens with zero attached hydrogens (tertiary/aromatic N) is 2. The number of pyridine rings is 1. The van der Waals surface area contributed by atoms with Crippen molar-refractivity contribution in [3.63, 3.8) is 0 Å². The molecule has 4 nitrogen and oxygen atoms in total. The maximum absolute atomic E-state index is 6.01. The number of nitrogen functional groups attached to an aromatic ring is 1. The molecule has 0 saturated carbocycles. The van der Waals surface area contributed by atoms with E-state index in [9.17, 15) is 0 Å². The number of benzene rings is 1. The molecule has 0 atom stereocenters. The van der Waals surface area contributed by atoms with Crippen molar-refractivity contribution >= 4 is 22.1 Å². The molecule has 0 radical (unpaired) electrons. The van der Waals surface area contributed by atoms with Gasteiger partial charge in [0.25, 0.3) is 0 Å². The first kappa shape index (κ1) is 11.3. The molecule has 0 aliphatic carbocycles. The van der Waals surface area contributed by atoms with E-state index < -0.39 is 0 Å². The third-order valence-electron chi connectivity index (χ3n) is 3.39. The Labute approximate surface area is 106 Å². The molecule has 1 aliphatic heterocycles. The van der Waals surface area contributed by atoms with E-state index in [1.54, 1.807) is 6.20 Å². The molecule has 0 bridgehead atoms. The van der Waals surface area contributed by atoms with Gasteiger partial charge in [-0.15, -0.1) is 0 Å². The van der Waals surface area contributed by atoms with Gasteiger partial charge >= 0.3 is 0 Å². The molecule has 1 aliphatic rings. The van der Waals surface area contributed by atoms with Crippen molar-refractivity contribution in [1.82, 2.24) is 4.98 Å². The first-order chi connectivity index (χ1) is 8.86. The fourth-order valence-corrected chi connectivity index (χ4v) is 2.46. The van der Waals surface area contributed by atoms with Crippen molar-refractivity contribution in [3.8, 4) is 0 Å². The third kappa shape index (κ3) is 1.99. The monoisotopic (exact) mass is 243 g/mol. The molecule has 3 rings (SSSR count). The van der Waals surface area contributed by atoms with Gasteiger partial charge in [0, 0.05) is 54.2 Å². The van der Waals surface area contributed by atoms with Crippen molar-refractivity contribution < 1.29 is 4.74 Å². The second-order valence-corrected chi connectivity index (χ2v) is 4.55. The standard InChI is InChI=1S/C14H17N3O/c15-13-2-3-14(12-10-16-5-4-11(12)13)17-6-1-8-18-9-7-17/h2-5,10H,1,6-9,15H2. The van der Waals surface area contributed by atoms with E-state index in [2.05, 4.69) is 16.0 Å². The Morgan fingerprint density at radius 3 is 3.00 bits per heavy atom. The van der Waals surface area contributed by atoms with E-state index in [0.29, 0.717) is 0 Å². The highest BCUT2D eigenvalue weighted by Crippen LogP contribution is 2.30. The summed E-state index contributed by atoms with van der Waals surface area (Å²) in [5, 5.41) is 2.20. The topological polar surface area (TPSA) is 51.4 Å². The summed E-state index contributed by atoms with van der Waals surface area (Å²) in [4.78, 5) is 6.58. The van der Waals surface area contributed by atoms with Gasteiger partial charge in [0.05, 0.1) is 6.61 Å². The summed E-state index contributed by atoms with van der Waals surface area (Å²) in [7, 11) is 0. The third-order valence-corrected chi connectivity index (χ3v) is 3.39. The quantitative estimate of drug-likeness (QED) is 0.779. The maximum Gasteiger partial charge on any atom is 0.0641 e. The number of fused-ring (bicyclic) bond motifs is 1. The van der Waals surface area contributed by atoms with Crippen LogP contribution in [0.1, 0.15) is 6.42 Å². The Kier molecular flexibility index (Phi) is 3.02. The van der Waals surface area contributed by atoms with Gasteiger partial charge in [-0.05, 0) is 24.6 Å². The fraction of sp³-hybridized carbons (Fsp3) is 0.357. The van der Waals surface area contributed by atoms with Crippen LogP contribution in [0.2, 0.25) is 0 Å². The SMILES string of the molecule is Nc1ccc(N2CCCOCC2)c2cnccc12. The zero-order valence-electron chi connectivity index (χ0n) is 10.3. The predicted molar refractivity (Wildman–Crippen MR) is 73.8 cm³/mol. The molecule has 4 heteroatoms. The molecule has 1 fully saturated rings. The summed E-state index contributed by atoms with van der Waals surface area (Å²) in [6, 6.07) is 6.04. The van der Waals surface area contributed by atoms with Crippen LogP contribution in [0.5, 0.6) is 0 Å². The lowest BCUT2D eigenvalue weighted by molar-refractivity contribution is 0.152. The van der Waals surface area contributed by atoms with E-state index in [-0.39, 0.29) is 0 Å². The second kappa shape index (κ2) is 4.82. The average molecular weight is 243 g/mol. The molecular formula is C14H17N3O. The molecule has 94 valence electrons. The lowest BCUT2D eigenvalue weighted by atomic mass is 10.1. The molecule has 2 aromatic rings. The zero-order chi connectivity index (χ0) is 12.4. The van der Waals surface area contributed by atoms with E-state index >= 15 is 0 Å². The molecule has 0 spiro atoms. The Morgan fingerprint density at radius 2 is 2.06 bits per heavy atom. The van der Waals surface area contributed by atoms with Crippen molar-refractivity contribution in [2.75, 3.05) is 36.9 Å². The number of hydrogen-bond acceptors (Lipinski definition) is 4. The van der Waals surface area contributed by atoms with Crippen LogP contribution >= 0.6 is 0 Å². The van der Waals surface area contributed by atoms with E-state index in [4.69, 9.17) is 10.5 Å². The summed E-state index contributed by atoms with van der Waals surface area (Å²) in [6.07, 6.45) is 4.74. The number of anilines is 2. The van der Waals surface area contributed by atoms with E-state index in [1.807, 2.05) is 18.3 Å². The number of aromatic nitrogens is 1. The van der Waals surface area contributed by atoms with E-state index in [1.165, 1.54) is 5.69 Å². The Balaban J connectivity index is 2.08. The van der Waals surface area contributed by atoms with Crippen LogP contribution in [0, 0.1) is 0 Å². The van der Waals surface area contributed by atoms with Crippen LogP contribution in [-0.2, 0) is 4.74 Å². The zero-order valence-corrected chi connectivity index (χ0v) is 10.3. The summed E-state index contributed by atoms with van der Waals surface area (Å²) in [6.45, 7) is 3.58. The molecule has 1 aromatic carbocycles. The van der Waals surface area contributed by atoms with Gasteiger partial charge in [-0.3, -0.25) is 4.98 Å². The molecule has 18 heavy (non-hydrogen) atoms. The predicted octanol–water partition coefficient (Wildman–Crippen LogP) is 2.04. The van der Waals surface area contributed by atoms with Gasteiger partial charge in [0.1, 0.15) is 0 Å². The molecule has 0 unspecified atom stereocenters. The van der Waals surface area contributed by atoms with Crippen molar-refractivity contribution in [1.29, 1.82) is 0 Å². The highest BCUT2D eigenvalue weighted by molar-refractivity contribution is 6.00. The van der Waals surface area contributed by atoms with Gasteiger partial charge in [-0.1, -0.05) is 0 Å². The second-order valence-electron chi connectivity index (χ2n) is 4.55. The molecule has 1 saturated heterocycles. The minimum atomic E-state index is 0.784. The van der Waals surface area contributed by atoms with Crippen LogP contribution < -0.4 is 10.6 Å². The lowest BCUT2D eigenvalue weighted by Crippen LogP contribution is -2.26. The number of ether oxygens (including phenoxy) is 1. The smallest absolute Gasteiger partial charge is 0.0641 e. The molecule has 2 heterocycles. The molecule has 2 N–H and O–H groups in total. The Bertz CT molecular complexity index is 548. The molecular weight excluding hydrogens is 226 g/mol. The van der Waals surface area contributed by atoms with Crippen molar-refractivity contribution in [3.05, 3.63) is 30.6 Å².